The molecule has 1 rings (SSSR count). The van der Waals surface area contributed by atoms with Gasteiger partial charge in [0.15, 0.2) is 5.75 Å². The van der Waals surface area contributed by atoms with Crippen molar-refractivity contribution < 1.29 is 33.7 Å². The number of carboxylic acid groups (broad SMARTS) is 1. The number of carbonyl (C=O) groups is 3. The van der Waals surface area contributed by atoms with Crippen LogP contribution < -0.4 is 10.1 Å². The van der Waals surface area contributed by atoms with Gasteiger partial charge in [-0.1, -0.05) is 90.9 Å². The van der Waals surface area contributed by atoms with E-state index in [9.17, 15) is 19.5 Å². The number of amides is 1. The standard InChI is InChI=1S/C27H43NO7/c1-3-5-7-9-11-13-15-19-33-26(31)28-22-17-18-23(25(29)30)24(21-22)35-27(32)34-20-16-14-12-10-8-6-4-2/h17-18,21H,3-16,19-20H2,1-2H3,(H,28,31)(H,29,30). The second-order valence-corrected chi connectivity index (χ2v) is 8.72. The van der Waals surface area contributed by atoms with E-state index in [2.05, 4.69) is 19.2 Å². The summed E-state index contributed by atoms with van der Waals surface area (Å²) < 4.78 is 15.4. The van der Waals surface area contributed by atoms with Gasteiger partial charge in [0, 0.05) is 11.8 Å². The van der Waals surface area contributed by atoms with Crippen molar-refractivity contribution in [1.29, 1.82) is 0 Å². The molecule has 198 valence electrons. The average molecular weight is 494 g/mol. The van der Waals surface area contributed by atoms with Crippen LogP contribution in [-0.2, 0) is 9.47 Å². The minimum absolute atomic E-state index is 0.202. The predicted molar refractivity (Wildman–Crippen MR) is 136 cm³/mol. The Morgan fingerprint density at radius 1 is 0.743 bits per heavy atom. The molecule has 2 N–H and O–H groups in total. The molecule has 0 radical (unpaired) electrons. The Labute approximate surface area is 209 Å². The number of unbranched alkanes of at least 4 members (excludes halogenated alkanes) is 12. The Balaban J connectivity index is 2.41. The molecule has 1 aromatic rings. The first-order valence-corrected chi connectivity index (χ1v) is 13.1. The maximum absolute atomic E-state index is 12.0. The summed E-state index contributed by atoms with van der Waals surface area (Å²) in [5, 5.41) is 11.9. The zero-order valence-electron chi connectivity index (χ0n) is 21.4. The molecule has 0 unspecified atom stereocenters. The highest BCUT2D eigenvalue weighted by Crippen LogP contribution is 2.24. The van der Waals surface area contributed by atoms with Crippen LogP contribution in [0.15, 0.2) is 18.2 Å². The number of carboxylic acids is 1. The van der Waals surface area contributed by atoms with Crippen LogP contribution in [0.1, 0.15) is 114 Å². The number of carbonyl (C=O) groups excluding carboxylic acids is 2. The third kappa shape index (κ3) is 15.0. The van der Waals surface area contributed by atoms with E-state index in [1.165, 1.54) is 69.6 Å². The van der Waals surface area contributed by atoms with Gasteiger partial charge >= 0.3 is 18.2 Å². The van der Waals surface area contributed by atoms with Gasteiger partial charge in [-0.15, -0.1) is 0 Å². The van der Waals surface area contributed by atoms with Crippen molar-refractivity contribution in [2.24, 2.45) is 0 Å². The van der Waals surface area contributed by atoms with E-state index in [1.54, 1.807) is 0 Å². The second-order valence-electron chi connectivity index (χ2n) is 8.72. The normalized spacial score (nSPS) is 10.6. The van der Waals surface area contributed by atoms with Crippen LogP contribution in [0.5, 0.6) is 5.75 Å². The summed E-state index contributed by atoms with van der Waals surface area (Å²) in [6, 6.07) is 3.94. The zero-order valence-corrected chi connectivity index (χ0v) is 21.4. The Bertz CT molecular complexity index is 751. The van der Waals surface area contributed by atoms with Crippen LogP contribution in [0, 0.1) is 0 Å². The molecular weight excluding hydrogens is 450 g/mol. The highest BCUT2D eigenvalue weighted by Gasteiger charge is 2.17. The molecule has 0 aliphatic heterocycles. The minimum atomic E-state index is -1.26. The summed E-state index contributed by atoms with van der Waals surface area (Å²) in [5.74, 6) is -1.46. The maximum atomic E-state index is 12.0. The molecule has 0 aromatic heterocycles. The summed E-state index contributed by atoms with van der Waals surface area (Å²) >= 11 is 0. The molecule has 35 heavy (non-hydrogen) atoms. The summed E-state index contributed by atoms with van der Waals surface area (Å²) in [4.78, 5) is 35.6. The van der Waals surface area contributed by atoms with E-state index >= 15 is 0 Å². The fourth-order valence-corrected chi connectivity index (χ4v) is 3.57. The quantitative estimate of drug-likeness (QED) is 0.114. The first-order valence-electron chi connectivity index (χ1n) is 13.1. The van der Waals surface area contributed by atoms with Gasteiger partial charge in [-0.3, -0.25) is 5.32 Å². The Kier molecular flexibility index (Phi) is 16.9. The topological polar surface area (TPSA) is 111 Å². The number of aromatic carboxylic acids is 1. The molecule has 0 saturated carbocycles. The van der Waals surface area contributed by atoms with E-state index in [4.69, 9.17) is 14.2 Å². The Morgan fingerprint density at radius 3 is 1.80 bits per heavy atom. The lowest BCUT2D eigenvalue weighted by Crippen LogP contribution is -2.16. The van der Waals surface area contributed by atoms with Crippen LogP contribution in [0.4, 0.5) is 15.3 Å². The van der Waals surface area contributed by atoms with Gasteiger partial charge in [-0.2, -0.15) is 0 Å². The average Bonchev–Trinajstić information content (AvgIpc) is 2.82. The Morgan fingerprint density at radius 2 is 1.26 bits per heavy atom. The third-order valence-corrected chi connectivity index (χ3v) is 5.60. The SMILES string of the molecule is CCCCCCCCCOC(=O)Nc1ccc(C(=O)O)c(OC(=O)OCCCCCCCCC)c1. The lowest BCUT2D eigenvalue weighted by molar-refractivity contribution is 0.0689. The number of anilines is 1. The van der Waals surface area contributed by atoms with Crippen LogP contribution in [0.2, 0.25) is 0 Å². The molecule has 0 aliphatic carbocycles. The zero-order chi connectivity index (χ0) is 25.7. The third-order valence-electron chi connectivity index (χ3n) is 5.60. The molecule has 0 bridgehead atoms. The predicted octanol–water partition coefficient (Wildman–Crippen LogP) is 7.95. The van der Waals surface area contributed by atoms with Crippen LogP contribution in [0.25, 0.3) is 0 Å². The fraction of sp³-hybridized carbons (Fsp3) is 0.667. The van der Waals surface area contributed by atoms with Gasteiger partial charge in [0.1, 0.15) is 5.56 Å². The number of hydrogen-bond donors (Lipinski definition) is 2. The van der Waals surface area contributed by atoms with Gasteiger partial charge in [-0.25, -0.2) is 14.4 Å². The van der Waals surface area contributed by atoms with Crippen molar-refractivity contribution in [2.45, 2.75) is 104 Å². The Hall–Kier alpha value is -2.77. The van der Waals surface area contributed by atoms with Gasteiger partial charge < -0.3 is 19.3 Å². The van der Waals surface area contributed by atoms with Crippen LogP contribution in [-0.4, -0.2) is 36.5 Å². The molecule has 0 aliphatic rings. The van der Waals surface area contributed by atoms with E-state index in [1.807, 2.05) is 0 Å². The molecule has 1 amide bonds. The summed E-state index contributed by atoms with van der Waals surface area (Å²) in [7, 11) is 0. The minimum Gasteiger partial charge on any atom is -0.478 e. The second kappa shape index (κ2) is 19.5. The monoisotopic (exact) mass is 493 g/mol. The number of benzene rings is 1. The molecular formula is C27H43NO7. The first-order chi connectivity index (χ1) is 17.0. The first kappa shape index (κ1) is 30.3. The number of ether oxygens (including phenoxy) is 3. The van der Waals surface area contributed by atoms with E-state index in [0.29, 0.717) is 6.61 Å². The molecule has 0 fully saturated rings. The lowest BCUT2D eigenvalue weighted by atomic mass is 10.1. The summed E-state index contributed by atoms with van der Waals surface area (Å²) in [5.41, 5.74) is 0.0503. The fourth-order valence-electron chi connectivity index (χ4n) is 3.57. The van der Waals surface area contributed by atoms with Crippen molar-refractivity contribution in [1.82, 2.24) is 0 Å². The molecule has 8 heteroatoms. The molecule has 0 saturated heterocycles. The number of hydrogen-bond acceptors (Lipinski definition) is 6. The van der Waals surface area contributed by atoms with E-state index in [-0.39, 0.29) is 23.6 Å². The van der Waals surface area contributed by atoms with Crippen LogP contribution >= 0.6 is 0 Å². The van der Waals surface area contributed by atoms with Crippen molar-refractivity contribution in [3.8, 4) is 5.75 Å². The largest absolute Gasteiger partial charge is 0.513 e. The highest BCUT2D eigenvalue weighted by molar-refractivity contribution is 5.93. The maximum Gasteiger partial charge on any atom is 0.513 e. The van der Waals surface area contributed by atoms with Crippen molar-refractivity contribution >= 4 is 23.9 Å². The van der Waals surface area contributed by atoms with Crippen molar-refractivity contribution in [3.05, 3.63) is 23.8 Å². The number of nitrogens with one attached hydrogen (secondary N) is 1. The molecule has 8 nitrogen and oxygen atoms in total. The summed E-state index contributed by atoms with van der Waals surface area (Å²) in [6.07, 6.45) is 13.8. The van der Waals surface area contributed by atoms with Gasteiger partial charge in [-0.05, 0) is 25.0 Å². The summed E-state index contributed by atoms with van der Waals surface area (Å²) in [6.45, 7) is 4.87. The van der Waals surface area contributed by atoms with Crippen LogP contribution in [0.3, 0.4) is 0 Å². The smallest absolute Gasteiger partial charge is 0.478 e. The molecule has 0 atom stereocenters. The molecule has 0 heterocycles. The lowest BCUT2D eigenvalue weighted by Gasteiger charge is -2.11. The van der Waals surface area contributed by atoms with E-state index in [0.717, 1.165) is 38.5 Å². The van der Waals surface area contributed by atoms with Crippen molar-refractivity contribution in [3.63, 3.8) is 0 Å². The van der Waals surface area contributed by atoms with Gasteiger partial charge in [0.05, 0.1) is 13.2 Å². The van der Waals surface area contributed by atoms with E-state index < -0.39 is 18.2 Å². The number of rotatable bonds is 19. The molecule has 0 spiro atoms. The van der Waals surface area contributed by atoms with Gasteiger partial charge in [0.2, 0.25) is 0 Å². The van der Waals surface area contributed by atoms with Crippen molar-refractivity contribution in [2.75, 3.05) is 18.5 Å². The van der Waals surface area contributed by atoms with Gasteiger partial charge in [0.25, 0.3) is 0 Å². The molecule has 1 aromatic carbocycles. The highest BCUT2D eigenvalue weighted by atomic mass is 16.7.